The van der Waals surface area contributed by atoms with Crippen molar-refractivity contribution in [1.82, 2.24) is 0 Å². The van der Waals surface area contributed by atoms with E-state index in [1.165, 1.54) is 0 Å². The largest absolute Gasteiger partial charge is 0.340 e. The van der Waals surface area contributed by atoms with E-state index in [1.54, 1.807) is 84.9 Å². The minimum Gasteiger partial charge on any atom is -0.322 e. The van der Waals surface area contributed by atoms with Gasteiger partial charge in [-0.1, -0.05) is 18.2 Å². The molecule has 8 heteroatoms. The van der Waals surface area contributed by atoms with Gasteiger partial charge >= 0.3 is 5.91 Å². The summed E-state index contributed by atoms with van der Waals surface area (Å²) in [4.78, 5) is 48.6. The zero-order valence-corrected chi connectivity index (χ0v) is 19.2. The molecule has 36 heavy (non-hydrogen) atoms. The van der Waals surface area contributed by atoms with Gasteiger partial charge in [-0.2, -0.15) is 0 Å². The lowest BCUT2D eigenvalue weighted by Crippen LogP contribution is -2.56. The first-order valence-electron chi connectivity index (χ1n) is 11.0. The number of hydrogen-bond donors (Lipinski definition) is 4. The van der Waals surface area contributed by atoms with Crippen molar-refractivity contribution in [2.75, 3.05) is 16.0 Å². The average Bonchev–Trinajstić information content (AvgIpc) is 2.90. The van der Waals surface area contributed by atoms with Crippen LogP contribution in [0.1, 0.15) is 41.4 Å². The highest BCUT2D eigenvalue weighted by molar-refractivity contribution is 6.07. The Balaban J connectivity index is 1.33. The molecule has 178 valence electrons. The number of hydrogen-bond acceptors (Lipinski definition) is 4. The molecule has 0 aromatic heterocycles. The quantitative estimate of drug-likeness (QED) is 0.321. The molecule has 0 spiro atoms. The molecule has 6 N–H and O–H groups in total. The fourth-order valence-electron chi connectivity index (χ4n) is 3.35. The Morgan fingerprint density at radius 1 is 0.417 bits per heavy atom. The van der Waals surface area contributed by atoms with E-state index in [0.29, 0.717) is 39.3 Å². The first kappa shape index (κ1) is 24.1. The predicted molar refractivity (Wildman–Crippen MR) is 137 cm³/mol. The fraction of sp³-hybridized carbons (Fsp3) is 0. The van der Waals surface area contributed by atoms with Gasteiger partial charge in [-0.15, -0.1) is 0 Å². The predicted octanol–water partition coefficient (Wildman–Crippen LogP) is 3.83. The highest BCUT2D eigenvalue weighted by Gasteiger charge is 2.11. The molecular formula is C28H23N4O4+. The molecule has 0 bridgehead atoms. The number of rotatable bonds is 7. The molecule has 0 heterocycles. The van der Waals surface area contributed by atoms with Gasteiger partial charge in [0.2, 0.25) is 0 Å². The standard InChI is InChI=1S/C28H22N4O4/c29-25(33)18-6-8-19(9-7-18)27(35)31-23-14-16-24(17-15-23)32-28(36)21-12-10-20(11-13-21)26(34)30-22-4-2-1-3-5-22/h1-17H,(H2,29,33)(H,30,34)(H,31,35)(H,32,36)/p+1. The Labute approximate surface area is 207 Å². The van der Waals surface area contributed by atoms with Crippen LogP contribution in [0.25, 0.3) is 0 Å². The average molecular weight is 480 g/mol. The molecule has 0 saturated carbocycles. The van der Waals surface area contributed by atoms with Gasteiger partial charge in [-0.25, -0.2) is 4.79 Å². The number of carbonyl (C=O) groups excluding carboxylic acids is 4. The Bertz CT molecular complexity index is 1400. The molecule has 0 aliphatic heterocycles. The molecule has 0 fully saturated rings. The zero-order valence-electron chi connectivity index (χ0n) is 19.2. The van der Waals surface area contributed by atoms with Gasteiger partial charge < -0.3 is 16.0 Å². The molecule has 8 nitrogen and oxygen atoms in total. The SMILES string of the molecule is [NH3+]C(=O)c1ccc(C(=O)Nc2ccc(NC(=O)c3ccc(C(=O)Nc4ccccc4)cc3)cc2)cc1. The first-order valence-corrected chi connectivity index (χ1v) is 11.0. The third kappa shape index (κ3) is 6.07. The van der Waals surface area contributed by atoms with Crippen molar-refractivity contribution < 1.29 is 24.9 Å². The van der Waals surface area contributed by atoms with Crippen LogP contribution in [0.2, 0.25) is 0 Å². The van der Waals surface area contributed by atoms with Gasteiger partial charge in [0.05, 0.1) is 5.56 Å². The minimum absolute atomic E-state index is 0.266. The lowest BCUT2D eigenvalue weighted by atomic mass is 10.1. The second-order valence-corrected chi connectivity index (χ2v) is 7.88. The van der Waals surface area contributed by atoms with E-state index in [0.717, 1.165) is 0 Å². The maximum atomic E-state index is 12.6. The summed E-state index contributed by atoms with van der Waals surface area (Å²) < 4.78 is 0. The number of quaternary nitrogens is 1. The number of amides is 4. The monoisotopic (exact) mass is 479 g/mol. The van der Waals surface area contributed by atoms with Crippen LogP contribution in [-0.2, 0) is 0 Å². The van der Waals surface area contributed by atoms with Gasteiger partial charge in [0.25, 0.3) is 17.7 Å². The summed E-state index contributed by atoms with van der Waals surface area (Å²) in [6.07, 6.45) is 0. The van der Waals surface area contributed by atoms with E-state index in [-0.39, 0.29) is 23.6 Å². The Morgan fingerprint density at radius 2 is 0.722 bits per heavy atom. The number of carbonyl (C=O) groups is 4. The Kier molecular flexibility index (Phi) is 7.28. The van der Waals surface area contributed by atoms with Crippen molar-refractivity contribution in [1.29, 1.82) is 0 Å². The van der Waals surface area contributed by atoms with Gasteiger partial charge in [0.15, 0.2) is 0 Å². The second kappa shape index (κ2) is 10.9. The van der Waals surface area contributed by atoms with Crippen LogP contribution in [0.4, 0.5) is 17.1 Å². The molecule has 0 unspecified atom stereocenters. The first-order chi connectivity index (χ1) is 17.4. The van der Waals surface area contributed by atoms with Crippen LogP contribution < -0.4 is 21.7 Å². The summed E-state index contributed by atoms with van der Waals surface area (Å²) in [6.45, 7) is 0. The van der Waals surface area contributed by atoms with Crippen LogP contribution in [0.15, 0.2) is 103 Å². The molecular weight excluding hydrogens is 456 g/mol. The van der Waals surface area contributed by atoms with E-state index >= 15 is 0 Å². The summed E-state index contributed by atoms with van der Waals surface area (Å²) >= 11 is 0. The smallest absolute Gasteiger partial charge is 0.322 e. The van der Waals surface area contributed by atoms with Crippen LogP contribution in [0.5, 0.6) is 0 Å². The minimum atomic E-state index is -0.332. The molecule has 0 aliphatic carbocycles. The normalized spacial score (nSPS) is 10.2. The third-order valence-electron chi connectivity index (χ3n) is 5.31. The van der Waals surface area contributed by atoms with Crippen LogP contribution in [0.3, 0.4) is 0 Å². The van der Waals surface area contributed by atoms with Crippen LogP contribution in [0, 0.1) is 0 Å². The maximum absolute atomic E-state index is 12.6. The lowest BCUT2D eigenvalue weighted by Gasteiger charge is -2.09. The van der Waals surface area contributed by atoms with Gasteiger partial charge in [0, 0.05) is 33.8 Å². The van der Waals surface area contributed by atoms with Crippen molar-refractivity contribution >= 4 is 40.7 Å². The lowest BCUT2D eigenvalue weighted by molar-refractivity contribution is -0.255. The molecule has 4 aromatic carbocycles. The Hall–Kier alpha value is -5.08. The van der Waals surface area contributed by atoms with E-state index in [1.807, 2.05) is 18.2 Å². The van der Waals surface area contributed by atoms with Crippen molar-refractivity contribution in [2.45, 2.75) is 0 Å². The van der Waals surface area contributed by atoms with E-state index in [9.17, 15) is 19.2 Å². The van der Waals surface area contributed by atoms with E-state index < -0.39 is 0 Å². The second-order valence-electron chi connectivity index (χ2n) is 7.88. The number of benzene rings is 4. The van der Waals surface area contributed by atoms with E-state index in [2.05, 4.69) is 21.7 Å². The van der Waals surface area contributed by atoms with Gasteiger partial charge in [-0.3, -0.25) is 20.1 Å². The van der Waals surface area contributed by atoms with Crippen molar-refractivity contribution in [3.8, 4) is 0 Å². The fourth-order valence-corrected chi connectivity index (χ4v) is 3.35. The zero-order chi connectivity index (χ0) is 25.5. The summed E-state index contributed by atoms with van der Waals surface area (Å²) in [6, 6.07) is 28.3. The molecule has 0 saturated heterocycles. The van der Waals surface area contributed by atoms with Crippen molar-refractivity contribution in [3.05, 3.63) is 125 Å². The van der Waals surface area contributed by atoms with Crippen LogP contribution >= 0.6 is 0 Å². The third-order valence-corrected chi connectivity index (χ3v) is 5.31. The highest BCUT2D eigenvalue weighted by atomic mass is 16.2. The molecule has 0 atom stereocenters. The molecule has 4 amide bonds. The highest BCUT2D eigenvalue weighted by Crippen LogP contribution is 2.17. The number of anilines is 3. The summed E-state index contributed by atoms with van der Waals surface area (Å²) in [5.74, 6) is -1.24. The summed E-state index contributed by atoms with van der Waals surface area (Å²) in [5.41, 5.74) is 6.77. The topological polar surface area (TPSA) is 132 Å². The van der Waals surface area contributed by atoms with Crippen molar-refractivity contribution in [3.63, 3.8) is 0 Å². The van der Waals surface area contributed by atoms with Gasteiger partial charge in [-0.05, 0) is 84.9 Å². The molecule has 4 aromatic rings. The Morgan fingerprint density at radius 3 is 1.06 bits per heavy atom. The molecule has 0 aliphatic rings. The number of nitrogens with one attached hydrogen (secondary N) is 3. The van der Waals surface area contributed by atoms with Gasteiger partial charge in [0.1, 0.15) is 0 Å². The van der Waals surface area contributed by atoms with Crippen molar-refractivity contribution in [2.24, 2.45) is 0 Å². The summed E-state index contributed by atoms with van der Waals surface area (Å²) in [7, 11) is 0. The maximum Gasteiger partial charge on any atom is 0.340 e. The van der Waals surface area contributed by atoms with Crippen LogP contribution in [-0.4, -0.2) is 23.6 Å². The summed E-state index contributed by atoms with van der Waals surface area (Å²) in [5, 5.41) is 8.35. The van der Waals surface area contributed by atoms with E-state index in [4.69, 9.17) is 0 Å². The number of para-hydroxylation sites is 1. The molecule has 0 radical (unpaired) electrons. The molecule has 4 rings (SSSR count).